The summed E-state index contributed by atoms with van der Waals surface area (Å²) < 4.78 is 18.6. The number of hydrogen-bond acceptors (Lipinski definition) is 3. The number of nitrogens with one attached hydrogen (secondary N) is 2. The van der Waals surface area contributed by atoms with Gasteiger partial charge in [-0.2, -0.15) is 0 Å². The third kappa shape index (κ3) is 6.85. The molecule has 0 aliphatic rings. The van der Waals surface area contributed by atoms with Crippen LogP contribution in [0.1, 0.15) is 26.2 Å². The molecule has 0 atom stereocenters. The Morgan fingerprint density at radius 2 is 1.86 bits per heavy atom. The van der Waals surface area contributed by atoms with Crippen molar-refractivity contribution >= 4 is 17.5 Å². The van der Waals surface area contributed by atoms with Crippen LogP contribution in [0.4, 0.5) is 10.1 Å². The molecule has 2 amide bonds. The predicted octanol–water partition coefficient (Wildman–Crippen LogP) is 2.09. The number of carbonyl (C=O) groups is 2. The summed E-state index contributed by atoms with van der Waals surface area (Å²) in [4.78, 5) is 23.1. The van der Waals surface area contributed by atoms with Crippen LogP contribution in [0.3, 0.4) is 0 Å². The van der Waals surface area contributed by atoms with Crippen molar-refractivity contribution in [2.45, 2.75) is 26.2 Å². The standard InChI is InChI=1S/C15H21FN2O3/c1-2-3-10-21-11-6-9-17-14(19)15(20)18-13-8-5-4-7-12(13)16/h4-5,7-8H,2-3,6,9-11H2,1H3,(H,17,19)(H,18,20). The molecule has 1 aromatic carbocycles. The van der Waals surface area contributed by atoms with Gasteiger partial charge in [0, 0.05) is 19.8 Å². The van der Waals surface area contributed by atoms with E-state index < -0.39 is 17.6 Å². The second kappa shape index (κ2) is 9.88. The molecule has 0 saturated carbocycles. The zero-order valence-electron chi connectivity index (χ0n) is 12.2. The van der Waals surface area contributed by atoms with Crippen molar-refractivity contribution in [1.82, 2.24) is 5.32 Å². The number of para-hydroxylation sites is 1. The number of hydrogen-bond donors (Lipinski definition) is 2. The van der Waals surface area contributed by atoms with Crippen LogP contribution in [-0.4, -0.2) is 31.6 Å². The Morgan fingerprint density at radius 3 is 2.57 bits per heavy atom. The third-order valence-corrected chi connectivity index (χ3v) is 2.72. The molecule has 0 spiro atoms. The number of rotatable bonds is 8. The zero-order valence-corrected chi connectivity index (χ0v) is 12.2. The summed E-state index contributed by atoms with van der Waals surface area (Å²) in [6.45, 7) is 3.67. The molecule has 6 heteroatoms. The topological polar surface area (TPSA) is 67.4 Å². The van der Waals surface area contributed by atoms with Gasteiger partial charge in [-0.15, -0.1) is 0 Å². The van der Waals surface area contributed by atoms with Gasteiger partial charge in [0.05, 0.1) is 5.69 Å². The van der Waals surface area contributed by atoms with E-state index in [1.165, 1.54) is 18.2 Å². The highest BCUT2D eigenvalue weighted by atomic mass is 19.1. The fraction of sp³-hybridized carbons (Fsp3) is 0.467. The molecule has 1 aromatic rings. The van der Waals surface area contributed by atoms with Gasteiger partial charge in [-0.05, 0) is 25.0 Å². The average molecular weight is 296 g/mol. The zero-order chi connectivity index (χ0) is 15.5. The SMILES string of the molecule is CCCCOCCCNC(=O)C(=O)Nc1ccccc1F. The second-order valence-electron chi connectivity index (χ2n) is 4.51. The maximum atomic E-state index is 13.3. The molecule has 0 aromatic heterocycles. The van der Waals surface area contributed by atoms with Gasteiger partial charge >= 0.3 is 11.8 Å². The Labute approximate surface area is 123 Å². The summed E-state index contributed by atoms with van der Waals surface area (Å²) in [5, 5.41) is 4.68. The Kier molecular flexibility index (Phi) is 8.04. The van der Waals surface area contributed by atoms with E-state index in [4.69, 9.17) is 4.74 Å². The van der Waals surface area contributed by atoms with Gasteiger partial charge in [0.15, 0.2) is 0 Å². The van der Waals surface area contributed by atoms with Crippen LogP contribution in [0, 0.1) is 5.82 Å². The van der Waals surface area contributed by atoms with E-state index in [9.17, 15) is 14.0 Å². The number of unbranched alkanes of at least 4 members (excludes halogenated alkanes) is 1. The van der Waals surface area contributed by atoms with Gasteiger partial charge in [0.25, 0.3) is 0 Å². The lowest BCUT2D eigenvalue weighted by Crippen LogP contribution is -2.36. The summed E-state index contributed by atoms with van der Waals surface area (Å²) in [7, 11) is 0. The Bertz CT molecular complexity index is 466. The Hall–Kier alpha value is -1.95. The molecule has 0 aliphatic carbocycles. The van der Waals surface area contributed by atoms with Crippen molar-refractivity contribution in [3.8, 4) is 0 Å². The molecule has 0 fully saturated rings. The van der Waals surface area contributed by atoms with E-state index in [2.05, 4.69) is 17.6 Å². The number of amides is 2. The molecule has 0 radical (unpaired) electrons. The van der Waals surface area contributed by atoms with Gasteiger partial charge in [-0.3, -0.25) is 9.59 Å². The number of anilines is 1. The summed E-state index contributed by atoms with van der Waals surface area (Å²) in [5.74, 6) is -2.25. The molecule has 5 nitrogen and oxygen atoms in total. The highest BCUT2D eigenvalue weighted by molar-refractivity contribution is 6.39. The van der Waals surface area contributed by atoms with Gasteiger partial charge in [-0.25, -0.2) is 4.39 Å². The minimum Gasteiger partial charge on any atom is -0.381 e. The first-order valence-corrected chi connectivity index (χ1v) is 7.06. The Balaban J connectivity index is 2.20. The van der Waals surface area contributed by atoms with Crippen molar-refractivity contribution in [3.05, 3.63) is 30.1 Å². The van der Waals surface area contributed by atoms with Crippen molar-refractivity contribution in [2.24, 2.45) is 0 Å². The fourth-order valence-electron chi connectivity index (χ4n) is 1.55. The molecular weight excluding hydrogens is 275 g/mol. The minimum atomic E-state index is -0.882. The Morgan fingerprint density at radius 1 is 1.14 bits per heavy atom. The normalized spacial score (nSPS) is 10.2. The summed E-state index contributed by atoms with van der Waals surface area (Å²) in [5.41, 5.74) is -0.0134. The predicted molar refractivity (Wildman–Crippen MR) is 78.4 cm³/mol. The largest absolute Gasteiger partial charge is 0.381 e. The molecule has 21 heavy (non-hydrogen) atoms. The monoisotopic (exact) mass is 296 g/mol. The first kappa shape index (κ1) is 17.1. The highest BCUT2D eigenvalue weighted by Gasteiger charge is 2.14. The molecule has 1 rings (SSSR count). The van der Waals surface area contributed by atoms with Crippen LogP contribution in [0.5, 0.6) is 0 Å². The first-order chi connectivity index (χ1) is 10.1. The lowest BCUT2D eigenvalue weighted by atomic mass is 10.3. The van der Waals surface area contributed by atoms with Crippen LogP contribution in [0.25, 0.3) is 0 Å². The number of benzene rings is 1. The minimum absolute atomic E-state index is 0.0134. The first-order valence-electron chi connectivity index (χ1n) is 7.06. The summed E-state index contributed by atoms with van der Waals surface area (Å²) >= 11 is 0. The second-order valence-corrected chi connectivity index (χ2v) is 4.51. The van der Waals surface area contributed by atoms with Crippen molar-refractivity contribution in [2.75, 3.05) is 25.1 Å². The van der Waals surface area contributed by atoms with Crippen molar-refractivity contribution in [3.63, 3.8) is 0 Å². The van der Waals surface area contributed by atoms with E-state index in [0.29, 0.717) is 26.2 Å². The molecule has 2 N–H and O–H groups in total. The van der Waals surface area contributed by atoms with Gasteiger partial charge in [-0.1, -0.05) is 25.5 Å². The summed E-state index contributed by atoms with van der Waals surface area (Å²) in [6.07, 6.45) is 2.72. The van der Waals surface area contributed by atoms with Gasteiger partial charge in [0.2, 0.25) is 0 Å². The number of carbonyl (C=O) groups excluding carboxylic acids is 2. The molecule has 0 unspecified atom stereocenters. The van der Waals surface area contributed by atoms with Crippen LogP contribution in [0.15, 0.2) is 24.3 Å². The van der Waals surface area contributed by atoms with E-state index in [1.54, 1.807) is 6.07 Å². The maximum absolute atomic E-state index is 13.3. The fourth-order valence-corrected chi connectivity index (χ4v) is 1.55. The lowest BCUT2D eigenvalue weighted by Gasteiger charge is -2.07. The van der Waals surface area contributed by atoms with Crippen molar-refractivity contribution < 1.29 is 18.7 Å². The van der Waals surface area contributed by atoms with Crippen LogP contribution in [-0.2, 0) is 14.3 Å². The smallest absolute Gasteiger partial charge is 0.313 e. The molecule has 0 bridgehead atoms. The lowest BCUT2D eigenvalue weighted by molar-refractivity contribution is -0.136. The average Bonchev–Trinajstić information content (AvgIpc) is 2.48. The van der Waals surface area contributed by atoms with Crippen molar-refractivity contribution in [1.29, 1.82) is 0 Å². The molecule has 0 heterocycles. The molecule has 0 saturated heterocycles. The molecule has 116 valence electrons. The van der Waals surface area contributed by atoms with Gasteiger partial charge < -0.3 is 15.4 Å². The highest BCUT2D eigenvalue weighted by Crippen LogP contribution is 2.11. The van der Waals surface area contributed by atoms with Gasteiger partial charge in [0.1, 0.15) is 5.82 Å². The number of ether oxygens (including phenoxy) is 1. The van der Waals surface area contributed by atoms with E-state index in [-0.39, 0.29) is 5.69 Å². The quantitative estimate of drug-likeness (QED) is 0.570. The van der Waals surface area contributed by atoms with Crippen LogP contribution < -0.4 is 10.6 Å². The molecular formula is C15H21FN2O3. The van der Waals surface area contributed by atoms with Crippen LogP contribution >= 0.6 is 0 Å². The van der Waals surface area contributed by atoms with E-state index in [0.717, 1.165) is 12.8 Å². The van der Waals surface area contributed by atoms with Crippen LogP contribution in [0.2, 0.25) is 0 Å². The maximum Gasteiger partial charge on any atom is 0.313 e. The van der Waals surface area contributed by atoms with E-state index in [1.807, 2.05) is 0 Å². The summed E-state index contributed by atoms with van der Waals surface area (Å²) in [6, 6.07) is 5.68. The van der Waals surface area contributed by atoms with E-state index >= 15 is 0 Å². The third-order valence-electron chi connectivity index (χ3n) is 2.72. The molecule has 0 aliphatic heterocycles. The number of halogens is 1.